The molecule has 1 aliphatic heterocycles. The van der Waals surface area contributed by atoms with Crippen molar-refractivity contribution in [3.05, 3.63) is 42.5 Å². The first-order valence-electron chi connectivity index (χ1n) is 8.86. The van der Waals surface area contributed by atoms with Gasteiger partial charge >= 0.3 is 0 Å². The van der Waals surface area contributed by atoms with E-state index in [-0.39, 0.29) is 12.4 Å². The highest BCUT2D eigenvalue weighted by Crippen LogP contribution is 2.40. The van der Waals surface area contributed by atoms with Gasteiger partial charge in [-0.25, -0.2) is 9.37 Å². The molecule has 0 saturated carbocycles. The summed E-state index contributed by atoms with van der Waals surface area (Å²) in [5.74, 6) is 0.153. The summed E-state index contributed by atoms with van der Waals surface area (Å²) in [6.07, 6.45) is 5.56. The van der Waals surface area contributed by atoms with Crippen molar-refractivity contribution in [3.63, 3.8) is 0 Å². The molecule has 0 bridgehead atoms. The molecule has 26 heavy (non-hydrogen) atoms. The van der Waals surface area contributed by atoms with E-state index in [2.05, 4.69) is 9.88 Å². The zero-order chi connectivity index (χ0) is 17.7. The summed E-state index contributed by atoms with van der Waals surface area (Å²) in [5, 5.41) is 14.2. The topological polar surface area (TPSA) is 49.2 Å². The molecule has 0 aliphatic carbocycles. The van der Waals surface area contributed by atoms with Crippen LogP contribution in [0, 0.1) is 11.7 Å². The molecule has 1 saturated heterocycles. The molecule has 0 amide bonds. The van der Waals surface area contributed by atoms with Gasteiger partial charge in [0.05, 0.1) is 10.2 Å². The van der Waals surface area contributed by atoms with Gasteiger partial charge in [-0.05, 0) is 48.4 Å². The molecule has 5 rings (SSSR count). The molecule has 0 spiro atoms. The summed E-state index contributed by atoms with van der Waals surface area (Å²) in [4.78, 5) is 11.5. The van der Waals surface area contributed by atoms with Gasteiger partial charge < -0.3 is 10.0 Å². The van der Waals surface area contributed by atoms with Crippen LogP contribution < -0.4 is 4.90 Å². The molecule has 2 aromatic carbocycles. The summed E-state index contributed by atoms with van der Waals surface area (Å²) in [6.45, 7) is 2.09. The van der Waals surface area contributed by atoms with Crippen LogP contribution in [0.15, 0.2) is 36.7 Å². The normalized spacial score (nSPS) is 16.2. The maximum Gasteiger partial charge on any atom is 0.186 e. The average molecular weight is 367 g/mol. The SMILES string of the molecule is OCC1CCN(c2nc3c4ccc(F)cc4c4cnccc4c3s2)CC1. The van der Waals surface area contributed by atoms with E-state index in [4.69, 9.17) is 4.98 Å². The number of aliphatic hydroxyl groups is 1. The van der Waals surface area contributed by atoms with Crippen molar-refractivity contribution in [2.24, 2.45) is 5.92 Å². The number of piperidine rings is 1. The summed E-state index contributed by atoms with van der Waals surface area (Å²) >= 11 is 1.69. The number of rotatable bonds is 2. The van der Waals surface area contributed by atoms with Crippen LogP contribution >= 0.6 is 11.3 Å². The first kappa shape index (κ1) is 15.9. The lowest BCUT2D eigenvalue weighted by atomic mass is 9.98. The van der Waals surface area contributed by atoms with Crippen LogP contribution in [0.1, 0.15) is 12.8 Å². The van der Waals surface area contributed by atoms with Crippen molar-refractivity contribution in [1.29, 1.82) is 0 Å². The molecule has 6 heteroatoms. The molecule has 2 aromatic heterocycles. The lowest BCUT2D eigenvalue weighted by molar-refractivity contribution is 0.203. The molecule has 1 N–H and O–H groups in total. The van der Waals surface area contributed by atoms with Gasteiger partial charge in [-0.1, -0.05) is 11.3 Å². The second kappa shape index (κ2) is 6.14. The molecule has 0 atom stereocenters. The number of fused-ring (bicyclic) bond motifs is 6. The van der Waals surface area contributed by atoms with Gasteiger partial charge in [-0.15, -0.1) is 0 Å². The summed E-state index contributed by atoms with van der Waals surface area (Å²) in [5.41, 5.74) is 0.933. The molecular weight excluding hydrogens is 349 g/mol. The van der Waals surface area contributed by atoms with Crippen LogP contribution in [0.4, 0.5) is 9.52 Å². The minimum absolute atomic E-state index is 0.247. The van der Waals surface area contributed by atoms with Gasteiger partial charge in [0.2, 0.25) is 0 Å². The van der Waals surface area contributed by atoms with Crippen LogP contribution in [-0.2, 0) is 0 Å². The van der Waals surface area contributed by atoms with Gasteiger partial charge in [0.15, 0.2) is 5.13 Å². The summed E-state index contributed by atoms with van der Waals surface area (Å²) in [6, 6.07) is 6.88. The highest BCUT2D eigenvalue weighted by atomic mass is 32.1. The second-order valence-corrected chi connectivity index (χ2v) is 7.88. The number of aromatic nitrogens is 2. The number of pyridine rings is 1. The Labute approximate surface area is 153 Å². The summed E-state index contributed by atoms with van der Waals surface area (Å²) in [7, 11) is 0. The van der Waals surface area contributed by atoms with E-state index in [9.17, 15) is 9.50 Å². The second-order valence-electron chi connectivity index (χ2n) is 6.90. The largest absolute Gasteiger partial charge is 0.396 e. The zero-order valence-corrected chi connectivity index (χ0v) is 15.0. The van der Waals surface area contributed by atoms with Gasteiger partial charge in [0.25, 0.3) is 0 Å². The summed E-state index contributed by atoms with van der Waals surface area (Å²) < 4.78 is 15.0. The maximum atomic E-state index is 13.9. The first-order valence-corrected chi connectivity index (χ1v) is 9.67. The molecule has 4 aromatic rings. The van der Waals surface area contributed by atoms with Crippen LogP contribution in [-0.4, -0.2) is 34.8 Å². The molecule has 0 unspecified atom stereocenters. The highest BCUT2D eigenvalue weighted by molar-refractivity contribution is 7.23. The number of halogens is 1. The molecule has 132 valence electrons. The van der Waals surface area contributed by atoms with E-state index >= 15 is 0 Å². The zero-order valence-electron chi connectivity index (χ0n) is 14.2. The van der Waals surface area contributed by atoms with Crippen LogP contribution in [0.3, 0.4) is 0 Å². The molecule has 1 aliphatic rings. The fourth-order valence-corrected chi connectivity index (χ4v) is 5.04. The minimum atomic E-state index is -0.247. The molecular formula is C20H18FN3OS. The number of hydrogen-bond acceptors (Lipinski definition) is 5. The van der Waals surface area contributed by atoms with Crippen molar-refractivity contribution >= 4 is 48.2 Å². The third-order valence-electron chi connectivity index (χ3n) is 5.35. The lowest BCUT2D eigenvalue weighted by Gasteiger charge is -2.30. The Bertz CT molecular complexity index is 1120. The maximum absolute atomic E-state index is 13.9. The minimum Gasteiger partial charge on any atom is -0.396 e. The van der Waals surface area contributed by atoms with Crippen LogP contribution in [0.2, 0.25) is 0 Å². The molecule has 1 fully saturated rings. The van der Waals surface area contributed by atoms with Crippen molar-refractivity contribution in [2.75, 3.05) is 24.6 Å². The van der Waals surface area contributed by atoms with E-state index in [1.165, 1.54) is 6.07 Å². The number of thiazole rings is 1. The average Bonchev–Trinajstić information content (AvgIpc) is 3.14. The molecule has 0 radical (unpaired) electrons. The fourth-order valence-electron chi connectivity index (χ4n) is 3.87. The Hall–Kier alpha value is -2.31. The highest BCUT2D eigenvalue weighted by Gasteiger charge is 2.22. The van der Waals surface area contributed by atoms with E-state index in [0.29, 0.717) is 5.92 Å². The Balaban J connectivity index is 1.73. The number of aliphatic hydroxyl groups excluding tert-OH is 1. The third kappa shape index (κ3) is 2.44. The van der Waals surface area contributed by atoms with Crippen LogP contribution in [0.25, 0.3) is 31.8 Å². The molecule has 4 nitrogen and oxygen atoms in total. The Morgan fingerprint density at radius 1 is 1.12 bits per heavy atom. The van der Waals surface area contributed by atoms with Crippen molar-refractivity contribution < 1.29 is 9.50 Å². The standard InChI is InChI=1S/C20H18FN3OS/c21-13-1-2-14-16(9-13)17-10-22-6-3-15(17)19-18(14)23-20(26-19)24-7-4-12(11-25)5-8-24/h1-3,6,9-10,12,25H,4-5,7-8,11H2. The quantitative estimate of drug-likeness (QED) is 0.535. The van der Waals surface area contributed by atoms with E-state index in [1.54, 1.807) is 23.6 Å². The number of anilines is 1. The Morgan fingerprint density at radius 3 is 2.77 bits per heavy atom. The Morgan fingerprint density at radius 2 is 1.96 bits per heavy atom. The van der Waals surface area contributed by atoms with Gasteiger partial charge in [0.1, 0.15) is 5.82 Å². The van der Waals surface area contributed by atoms with E-state index < -0.39 is 0 Å². The monoisotopic (exact) mass is 367 g/mol. The van der Waals surface area contributed by atoms with Gasteiger partial charge in [-0.3, -0.25) is 4.98 Å². The van der Waals surface area contributed by atoms with E-state index in [1.807, 2.05) is 18.3 Å². The van der Waals surface area contributed by atoms with Crippen molar-refractivity contribution in [3.8, 4) is 0 Å². The fraction of sp³-hybridized carbons (Fsp3) is 0.300. The van der Waals surface area contributed by atoms with Crippen molar-refractivity contribution in [2.45, 2.75) is 12.8 Å². The Kier molecular flexibility index (Phi) is 3.76. The van der Waals surface area contributed by atoms with Crippen molar-refractivity contribution in [1.82, 2.24) is 9.97 Å². The number of hydrogen-bond donors (Lipinski definition) is 1. The predicted molar refractivity (Wildman–Crippen MR) is 104 cm³/mol. The lowest BCUT2D eigenvalue weighted by Crippen LogP contribution is -2.34. The first-order chi connectivity index (χ1) is 12.7. The van der Waals surface area contributed by atoms with Crippen LogP contribution in [0.5, 0.6) is 0 Å². The van der Waals surface area contributed by atoms with Gasteiger partial charge in [0, 0.05) is 48.2 Å². The smallest absolute Gasteiger partial charge is 0.186 e. The number of nitrogens with zero attached hydrogens (tertiary/aromatic N) is 3. The van der Waals surface area contributed by atoms with E-state index in [0.717, 1.165) is 62.8 Å². The third-order valence-corrected chi connectivity index (χ3v) is 6.50. The number of benzene rings is 2. The predicted octanol–water partition coefficient (Wildman–Crippen LogP) is 4.35. The molecule has 3 heterocycles. The van der Waals surface area contributed by atoms with Gasteiger partial charge in [-0.2, -0.15) is 0 Å².